The van der Waals surface area contributed by atoms with E-state index in [0.717, 1.165) is 42.6 Å². The second kappa shape index (κ2) is 7.84. The normalized spacial score (nSPS) is 16.2. The highest BCUT2D eigenvalue weighted by Crippen LogP contribution is 2.26. The minimum absolute atomic E-state index is 0.0197. The largest absolute Gasteiger partial charge is 0.377 e. The number of nitrogens with zero attached hydrogens (tertiary/aromatic N) is 5. The second-order valence-electron chi connectivity index (χ2n) is 7.85. The number of piperidine rings is 1. The van der Waals surface area contributed by atoms with Crippen molar-refractivity contribution in [3.05, 3.63) is 34.0 Å². The standard InChI is InChI=1S/C18H27N5O2S/c1-18(2,3)14-5-6-16(24)23(20-14)11-13-7-9-22(10-8-13)17-19-15(12-25-4)21-26-17/h5-6,13H,7-12H2,1-4H3. The van der Waals surface area contributed by atoms with E-state index in [-0.39, 0.29) is 11.0 Å². The van der Waals surface area contributed by atoms with Crippen LogP contribution >= 0.6 is 11.5 Å². The highest BCUT2D eigenvalue weighted by molar-refractivity contribution is 7.09. The Labute approximate surface area is 158 Å². The zero-order valence-corrected chi connectivity index (χ0v) is 16.8. The van der Waals surface area contributed by atoms with Gasteiger partial charge in [0.25, 0.3) is 5.56 Å². The van der Waals surface area contributed by atoms with Crippen LogP contribution in [0.15, 0.2) is 16.9 Å². The van der Waals surface area contributed by atoms with Crippen LogP contribution in [0, 0.1) is 5.92 Å². The molecule has 0 aliphatic carbocycles. The molecule has 3 heterocycles. The molecule has 3 rings (SSSR count). The van der Waals surface area contributed by atoms with Crippen molar-refractivity contribution in [3.8, 4) is 0 Å². The fraction of sp³-hybridized carbons (Fsp3) is 0.667. The molecule has 2 aromatic heterocycles. The molecule has 1 aliphatic heterocycles. The predicted octanol–water partition coefficient (Wildman–Crippen LogP) is 2.46. The molecule has 1 saturated heterocycles. The molecule has 0 N–H and O–H groups in total. The summed E-state index contributed by atoms with van der Waals surface area (Å²) in [7, 11) is 1.65. The van der Waals surface area contributed by atoms with Crippen molar-refractivity contribution in [2.45, 2.75) is 52.2 Å². The number of methoxy groups -OCH3 is 1. The van der Waals surface area contributed by atoms with Crippen LogP contribution in [0.3, 0.4) is 0 Å². The summed E-state index contributed by atoms with van der Waals surface area (Å²) >= 11 is 1.43. The first-order valence-electron chi connectivity index (χ1n) is 9.02. The van der Waals surface area contributed by atoms with Crippen molar-refractivity contribution in [1.29, 1.82) is 0 Å². The molecule has 0 amide bonds. The Bertz CT molecular complexity index is 787. The van der Waals surface area contributed by atoms with E-state index in [1.165, 1.54) is 11.5 Å². The van der Waals surface area contributed by atoms with E-state index in [1.807, 2.05) is 6.07 Å². The van der Waals surface area contributed by atoms with Crippen LogP contribution in [0.1, 0.15) is 45.1 Å². The SMILES string of the molecule is COCc1nsc(N2CCC(Cn3nc(C(C)(C)C)ccc3=O)CC2)n1. The summed E-state index contributed by atoms with van der Waals surface area (Å²) in [6, 6.07) is 3.48. The number of aromatic nitrogens is 4. The van der Waals surface area contributed by atoms with Gasteiger partial charge in [0.05, 0.1) is 5.69 Å². The van der Waals surface area contributed by atoms with Gasteiger partial charge in [-0.3, -0.25) is 4.79 Å². The van der Waals surface area contributed by atoms with Gasteiger partial charge in [-0.1, -0.05) is 20.8 Å². The summed E-state index contributed by atoms with van der Waals surface area (Å²) in [6.07, 6.45) is 2.04. The molecule has 0 unspecified atom stereocenters. The quantitative estimate of drug-likeness (QED) is 0.797. The summed E-state index contributed by atoms with van der Waals surface area (Å²) in [5, 5.41) is 5.55. The first-order chi connectivity index (χ1) is 12.4. The summed E-state index contributed by atoms with van der Waals surface area (Å²) in [5.74, 6) is 1.20. The van der Waals surface area contributed by atoms with Crippen molar-refractivity contribution >= 4 is 16.7 Å². The van der Waals surface area contributed by atoms with Gasteiger partial charge in [-0.2, -0.15) is 9.47 Å². The monoisotopic (exact) mass is 377 g/mol. The maximum Gasteiger partial charge on any atom is 0.266 e. The summed E-state index contributed by atoms with van der Waals surface area (Å²) in [5.41, 5.74) is 0.874. The molecule has 142 valence electrons. The zero-order valence-electron chi connectivity index (χ0n) is 15.9. The van der Waals surface area contributed by atoms with Crippen molar-refractivity contribution in [3.63, 3.8) is 0 Å². The van der Waals surface area contributed by atoms with Crippen molar-refractivity contribution in [2.24, 2.45) is 5.92 Å². The molecule has 1 aliphatic rings. The van der Waals surface area contributed by atoms with Crippen molar-refractivity contribution in [2.75, 3.05) is 25.1 Å². The molecule has 7 nitrogen and oxygen atoms in total. The first kappa shape index (κ1) is 19.0. The third kappa shape index (κ3) is 4.48. The Hall–Kier alpha value is -1.80. The number of rotatable bonds is 5. The molecule has 0 atom stereocenters. The molecule has 0 saturated carbocycles. The van der Waals surface area contributed by atoms with E-state index in [1.54, 1.807) is 17.9 Å². The van der Waals surface area contributed by atoms with Crippen LogP contribution in [-0.4, -0.2) is 39.3 Å². The number of anilines is 1. The average molecular weight is 378 g/mol. The van der Waals surface area contributed by atoms with Crippen LogP contribution in [-0.2, 0) is 23.3 Å². The molecular formula is C18H27N5O2S. The lowest BCUT2D eigenvalue weighted by Gasteiger charge is -2.31. The van der Waals surface area contributed by atoms with E-state index in [9.17, 15) is 4.79 Å². The van der Waals surface area contributed by atoms with Gasteiger partial charge >= 0.3 is 0 Å². The van der Waals surface area contributed by atoms with E-state index >= 15 is 0 Å². The highest BCUT2D eigenvalue weighted by atomic mass is 32.1. The Morgan fingerprint density at radius 1 is 1.27 bits per heavy atom. The molecular weight excluding hydrogens is 350 g/mol. The third-order valence-corrected chi connectivity index (χ3v) is 5.50. The maximum atomic E-state index is 12.2. The molecule has 0 radical (unpaired) electrons. The van der Waals surface area contributed by atoms with Gasteiger partial charge in [-0.25, -0.2) is 9.67 Å². The fourth-order valence-corrected chi connectivity index (χ4v) is 3.82. The Balaban J connectivity index is 1.61. The smallest absolute Gasteiger partial charge is 0.266 e. The van der Waals surface area contributed by atoms with Crippen LogP contribution in [0.4, 0.5) is 5.13 Å². The second-order valence-corrected chi connectivity index (χ2v) is 8.58. The zero-order chi connectivity index (χ0) is 18.7. The van der Waals surface area contributed by atoms with Gasteiger partial charge in [0.2, 0.25) is 5.13 Å². The van der Waals surface area contributed by atoms with E-state index < -0.39 is 0 Å². The topological polar surface area (TPSA) is 73.1 Å². The van der Waals surface area contributed by atoms with E-state index in [0.29, 0.717) is 19.1 Å². The average Bonchev–Trinajstić information content (AvgIpc) is 3.05. The van der Waals surface area contributed by atoms with Gasteiger partial charge < -0.3 is 9.64 Å². The number of hydrogen-bond donors (Lipinski definition) is 0. The van der Waals surface area contributed by atoms with Crippen LogP contribution in [0.25, 0.3) is 0 Å². The minimum Gasteiger partial charge on any atom is -0.377 e. The molecule has 8 heteroatoms. The van der Waals surface area contributed by atoms with E-state index in [2.05, 4.69) is 40.1 Å². The van der Waals surface area contributed by atoms with Gasteiger partial charge in [0, 0.05) is 49.8 Å². The lowest BCUT2D eigenvalue weighted by atomic mass is 9.92. The van der Waals surface area contributed by atoms with Gasteiger partial charge in [-0.05, 0) is 24.8 Å². The third-order valence-electron chi connectivity index (χ3n) is 4.68. The molecule has 0 bridgehead atoms. The van der Waals surface area contributed by atoms with Crippen molar-refractivity contribution < 1.29 is 4.74 Å². The summed E-state index contributed by atoms with van der Waals surface area (Å²) < 4.78 is 11.0. The molecule has 0 spiro atoms. The maximum absolute atomic E-state index is 12.2. The lowest BCUT2D eigenvalue weighted by molar-refractivity contribution is 0.179. The van der Waals surface area contributed by atoms with Crippen LogP contribution < -0.4 is 10.5 Å². The predicted molar refractivity (Wildman–Crippen MR) is 103 cm³/mol. The minimum atomic E-state index is -0.0590. The Kier molecular flexibility index (Phi) is 5.72. The van der Waals surface area contributed by atoms with Gasteiger partial charge in [0.15, 0.2) is 5.82 Å². The van der Waals surface area contributed by atoms with E-state index in [4.69, 9.17) is 4.74 Å². The van der Waals surface area contributed by atoms with Gasteiger partial charge in [0.1, 0.15) is 6.61 Å². The summed E-state index contributed by atoms with van der Waals surface area (Å²) in [4.78, 5) is 19.0. The Morgan fingerprint density at radius 2 is 2.00 bits per heavy atom. The highest BCUT2D eigenvalue weighted by Gasteiger charge is 2.23. The summed E-state index contributed by atoms with van der Waals surface area (Å²) in [6.45, 7) is 9.33. The first-order valence-corrected chi connectivity index (χ1v) is 9.79. The van der Waals surface area contributed by atoms with Gasteiger partial charge in [-0.15, -0.1) is 0 Å². The Morgan fingerprint density at radius 3 is 2.65 bits per heavy atom. The molecule has 1 fully saturated rings. The number of ether oxygens (including phenoxy) is 1. The van der Waals surface area contributed by atoms with Crippen LogP contribution in [0.5, 0.6) is 0 Å². The van der Waals surface area contributed by atoms with Crippen molar-refractivity contribution in [1.82, 2.24) is 19.1 Å². The molecule has 0 aromatic carbocycles. The molecule has 2 aromatic rings. The fourth-order valence-electron chi connectivity index (χ4n) is 3.09. The molecule has 26 heavy (non-hydrogen) atoms. The lowest BCUT2D eigenvalue weighted by Crippen LogP contribution is -2.37. The number of hydrogen-bond acceptors (Lipinski definition) is 7. The van der Waals surface area contributed by atoms with Crippen LogP contribution in [0.2, 0.25) is 0 Å².